The Morgan fingerprint density at radius 1 is 1.45 bits per heavy atom. The number of ether oxygens (including phenoxy) is 1. The fourth-order valence-electron chi connectivity index (χ4n) is 2.46. The zero-order valence-electron chi connectivity index (χ0n) is 13.3. The van der Waals surface area contributed by atoms with Gasteiger partial charge >= 0.3 is 6.09 Å². The van der Waals surface area contributed by atoms with E-state index in [4.69, 9.17) is 16.3 Å². The van der Waals surface area contributed by atoms with Gasteiger partial charge in [0.2, 0.25) is 0 Å². The van der Waals surface area contributed by atoms with Crippen LogP contribution in [0.25, 0.3) is 0 Å². The normalized spacial score (nSPS) is 18.9. The summed E-state index contributed by atoms with van der Waals surface area (Å²) in [6, 6.07) is 3.62. The molecule has 1 saturated heterocycles. The predicted molar refractivity (Wildman–Crippen MR) is 86.2 cm³/mol. The summed E-state index contributed by atoms with van der Waals surface area (Å²) in [5.74, 6) is 1.20. The van der Waals surface area contributed by atoms with Crippen molar-refractivity contribution in [2.75, 3.05) is 24.5 Å². The Morgan fingerprint density at radius 2 is 2.23 bits per heavy atom. The van der Waals surface area contributed by atoms with Crippen LogP contribution in [0, 0.1) is 5.92 Å². The average Bonchev–Trinajstić information content (AvgIpc) is 2.44. The van der Waals surface area contributed by atoms with Gasteiger partial charge in [0.1, 0.15) is 5.60 Å². The molecule has 0 radical (unpaired) electrons. The van der Waals surface area contributed by atoms with Gasteiger partial charge in [0.25, 0.3) is 0 Å². The maximum absolute atomic E-state index is 11.7. The van der Waals surface area contributed by atoms with E-state index in [-0.39, 0.29) is 6.09 Å². The number of nitrogens with one attached hydrogen (secondary N) is 1. The first kappa shape index (κ1) is 16.8. The monoisotopic (exact) mass is 326 g/mol. The second-order valence-corrected chi connectivity index (χ2v) is 6.94. The lowest BCUT2D eigenvalue weighted by atomic mass is 9.98. The Hall–Kier alpha value is -1.56. The van der Waals surface area contributed by atoms with Gasteiger partial charge in [-0.15, -0.1) is 10.2 Å². The highest BCUT2D eigenvalue weighted by Gasteiger charge is 2.23. The number of carbonyl (C=O) groups is 1. The van der Waals surface area contributed by atoms with Crippen LogP contribution < -0.4 is 10.2 Å². The lowest BCUT2D eigenvalue weighted by molar-refractivity contribution is 0.0517. The molecule has 2 rings (SSSR count). The van der Waals surface area contributed by atoms with Crippen molar-refractivity contribution in [3.63, 3.8) is 0 Å². The summed E-state index contributed by atoms with van der Waals surface area (Å²) in [5, 5.41) is 11.2. The van der Waals surface area contributed by atoms with E-state index >= 15 is 0 Å². The largest absolute Gasteiger partial charge is 0.444 e. The molecule has 1 aliphatic rings. The fraction of sp³-hybridized carbons (Fsp3) is 0.667. The van der Waals surface area contributed by atoms with Gasteiger partial charge in [0.15, 0.2) is 11.0 Å². The quantitative estimate of drug-likeness (QED) is 0.925. The smallest absolute Gasteiger partial charge is 0.407 e. The molecule has 0 aromatic carbocycles. The van der Waals surface area contributed by atoms with Crippen molar-refractivity contribution in [1.29, 1.82) is 0 Å². The highest BCUT2D eigenvalue weighted by atomic mass is 35.5. The van der Waals surface area contributed by atoms with Crippen molar-refractivity contribution >= 4 is 23.5 Å². The van der Waals surface area contributed by atoms with E-state index in [0.717, 1.165) is 31.7 Å². The Bertz CT molecular complexity index is 501. The van der Waals surface area contributed by atoms with Gasteiger partial charge in [-0.2, -0.15) is 0 Å². The standard InChI is InChI=1S/C15H23ClN4O2/c1-15(2,3)22-14(21)17-9-11-5-4-8-20(10-11)13-7-6-12(16)18-19-13/h6-7,11H,4-5,8-10H2,1-3H3,(H,17,21)/t11-/m1/s1. The highest BCUT2D eigenvalue weighted by molar-refractivity contribution is 6.29. The van der Waals surface area contributed by atoms with E-state index < -0.39 is 5.60 Å². The zero-order chi connectivity index (χ0) is 16.2. The maximum atomic E-state index is 11.7. The molecule has 1 aromatic heterocycles. The molecule has 1 atom stereocenters. The molecule has 1 amide bonds. The van der Waals surface area contributed by atoms with E-state index in [1.807, 2.05) is 26.8 Å². The van der Waals surface area contributed by atoms with Crippen molar-refractivity contribution < 1.29 is 9.53 Å². The number of piperidine rings is 1. The van der Waals surface area contributed by atoms with Crippen molar-refractivity contribution in [2.24, 2.45) is 5.92 Å². The predicted octanol–water partition coefficient (Wildman–Crippen LogP) is 2.87. The molecule has 122 valence electrons. The number of rotatable bonds is 3. The Balaban J connectivity index is 1.83. The molecular formula is C15H23ClN4O2. The van der Waals surface area contributed by atoms with Crippen LogP contribution in [0.15, 0.2) is 12.1 Å². The van der Waals surface area contributed by atoms with Gasteiger partial charge in [-0.05, 0) is 51.7 Å². The molecule has 0 spiro atoms. The number of hydrogen-bond acceptors (Lipinski definition) is 5. The molecule has 0 aliphatic carbocycles. The van der Waals surface area contributed by atoms with Crippen LogP contribution in [-0.2, 0) is 4.74 Å². The van der Waals surface area contributed by atoms with Gasteiger partial charge in [0, 0.05) is 19.6 Å². The van der Waals surface area contributed by atoms with Gasteiger partial charge < -0.3 is 15.0 Å². The van der Waals surface area contributed by atoms with Crippen molar-refractivity contribution in [3.05, 3.63) is 17.3 Å². The molecule has 0 unspecified atom stereocenters. The third-order valence-electron chi connectivity index (χ3n) is 3.39. The van der Waals surface area contributed by atoms with E-state index in [1.54, 1.807) is 6.07 Å². The molecule has 22 heavy (non-hydrogen) atoms. The van der Waals surface area contributed by atoms with Crippen molar-refractivity contribution in [2.45, 2.75) is 39.2 Å². The van der Waals surface area contributed by atoms with Crippen molar-refractivity contribution in [1.82, 2.24) is 15.5 Å². The zero-order valence-corrected chi connectivity index (χ0v) is 14.1. The summed E-state index contributed by atoms with van der Waals surface area (Å²) in [6.45, 7) is 7.95. The Morgan fingerprint density at radius 3 is 2.86 bits per heavy atom. The maximum Gasteiger partial charge on any atom is 0.407 e. The summed E-state index contributed by atoms with van der Waals surface area (Å²) in [4.78, 5) is 13.9. The van der Waals surface area contributed by atoms with E-state index in [2.05, 4.69) is 20.4 Å². The second kappa shape index (κ2) is 7.13. The molecule has 7 heteroatoms. The van der Waals surface area contributed by atoms with E-state index in [0.29, 0.717) is 17.6 Å². The molecule has 1 fully saturated rings. The van der Waals surface area contributed by atoms with Gasteiger partial charge in [-0.1, -0.05) is 11.6 Å². The summed E-state index contributed by atoms with van der Waals surface area (Å²) in [5.41, 5.74) is -0.471. The molecule has 1 N–H and O–H groups in total. The van der Waals surface area contributed by atoms with Gasteiger partial charge in [-0.3, -0.25) is 0 Å². The fourth-order valence-corrected chi connectivity index (χ4v) is 2.56. The number of halogens is 1. The molecule has 0 saturated carbocycles. The highest BCUT2D eigenvalue weighted by Crippen LogP contribution is 2.21. The molecule has 0 bridgehead atoms. The SMILES string of the molecule is CC(C)(C)OC(=O)NC[C@H]1CCCN(c2ccc(Cl)nn2)C1. The van der Waals surface area contributed by atoms with Crippen LogP contribution >= 0.6 is 11.6 Å². The topological polar surface area (TPSA) is 67.3 Å². The minimum atomic E-state index is -0.471. The first-order valence-electron chi connectivity index (χ1n) is 7.54. The first-order chi connectivity index (χ1) is 10.3. The Kier molecular flexibility index (Phi) is 5.45. The van der Waals surface area contributed by atoms with Gasteiger partial charge in [-0.25, -0.2) is 4.79 Å². The second-order valence-electron chi connectivity index (χ2n) is 6.55. The number of amides is 1. The first-order valence-corrected chi connectivity index (χ1v) is 7.92. The molecule has 1 aliphatic heterocycles. The third kappa shape index (κ3) is 5.33. The van der Waals surface area contributed by atoms with Crippen LogP contribution in [0.3, 0.4) is 0 Å². The number of carbonyl (C=O) groups excluding carboxylic acids is 1. The summed E-state index contributed by atoms with van der Waals surface area (Å²) in [7, 11) is 0. The number of aromatic nitrogens is 2. The summed E-state index contributed by atoms with van der Waals surface area (Å²) in [6.07, 6.45) is 1.77. The minimum Gasteiger partial charge on any atom is -0.444 e. The third-order valence-corrected chi connectivity index (χ3v) is 3.60. The number of alkyl carbamates (subject to hydrolysis) is 1. The lowest BCUT2D eigenvalue weighted by Gasteiger charge is -2.33. The van der Waals surface area contributed by atoms with Crippen LogP contribution in [0.2, 0.25) is 5.15 Å². The van der Waals surface area contributed by atoms with Crippen LogP contribution in [0.4, 0.5) is 10.6 Å². The minimum absolute atomic E-state index is 0.365. The van der Waals surface area contributed by atoms with E-state index in [9.17, 15) is 4.79 Å². The van der Waals surface area contributed by atoms with Crippen LogP contribution in [0.1, 0.15) is 33.6 Å². The molecule has 2 heterocycles. The number of nitrogens with zero attached hydrogens (tertiary/aromatic N) is 3. The molecular weight excluding hydrogens is 304 g/mol. The molecule has 6 nitrogen and oxygen atoms in total. The van der Waals surface area contributed by atoms with Crippen LogP contribution in [0.5, 0.6) is 0 Å². The number of hydrogen-bond donors (Lipinski definition) is 1. The Labute approximate surface area is 136 Å². The van der Waals surface area contributed by atoms with Crippen LogP contribution in [-0.4, -0.2) is 41.5 Å². The van der Waals surface area contributed by atoms with Gasteiger partial charge in [0.05, 0.1) is 0 Å². The summed E-state index contributed by atoms with van der Waals surface area (Å²) >= 11 is 5.76. The molecule has 1 aromatic rings. The lowest BCUT2D eigenvalue weighted by Crippen LogP contribution is -2.42. The van der Waals surface area contributed by atoms with E-state index in [1.165, 1.54) is 0 Å². The average molecular weight is 327 g/mol. The number of anilines is 1. The summed E-state index contributed by atoms with van der Waals surface area (Å²) < 4.78 is 5.25. The van der Waals surface area contributed by atoms with Crippen molar-refractivity contribution in [3.8, 4) is 0 Å².